The van der Waals surface area contributed by atoms with Gasteiger partial charge in [-0.05, 0) is 89.1 Å². The van der Waals surface area contributed by atoms with Gasteiger partial charge >= 0.3 is 5.97 Å². The number of carbonyl (C=O) groups is 1. The van der Waals surface area contributed by atoms with Crippen molar-refractivity contribution in [2.24, 2.45) is 39.9 Å². The Balaban J connectivity index is 1.70. The first-order valence-corrected chi connectivity index (χ1v) is 10.7. The molecule has 5 aliphatic carbocycles. The van der Waals surface area contributed by atoms with Crippen LogP contribution in [0.4, 0.5) is 0 Å². The third kappa shape index (κ3) is 2.30. The molecule has 5 saturated carbocycles. The molecule has 5 aliphatic rings. The fourth-order valence-corrected chi connectivity index (χ4v) is 8.40. The second-order valence-electron chi connectivity index (χ2n) is 10.9. The maximum atomic E-state index is 12.2. The number of nitrogens with zero attached hydrogens (tertiary/aromatic N) is 1. The van der Waals surface area contributed by atoms with E-state index < -0.39 is 11.4 Å². The summed E-state index contributed by atoms with van der Waals surface area (Å²) in [7, 11) is 4.23. The average molecular weight is 364 g/mol. The predicted octanol–water partition coefficient (Wildman–Crippen LogP) is 3.63. The number of aliphatic hydroxyl groups is 1. The topological polar surface area (TPSA) is 60.8 Å². The molecule has 2 bridgehead atoms. The Labute approximate surface area is 158 Å². The van der Waals surface area contributed by atoms with E-state index in [9.17, 15) is 15.0 Å². The van der Waals surface area contributed by atoms with E-state index in [-0.39, 0.29) is 22.9 Å². The van der Waals surface area contributed by atoms with Crippen LogP contribution in [-0.4, -0.2) is 47.8 Å². The lowest BCUT2D eigenvalue weighted by Crippen LogP contribution is -2.67. The highest BCUT2D eigenvalue weighted by Crippen LogP contribution is 2.72. The zero-order valence-electron chi connectivity index (χ0n) is 17.0. The van der Waals surface area contributed by atoms with Crippen LogP contribution in [0.1, 0.15) is 65.2 Å². The van der Waals surface area contributed by atoms with E-state index in [0.717, 1.165) is 45.1 Å². The first-order chi connectivity index (χ1) is 12.1. The molecule has 0 heterocycles. The molecule has 4 nitrogen and oxygen atoms in total. The molecule has 5 rings (SSSR count). The van der Waals surface area contributed by atoms with Gasteiger partial charge in [-0.3, -0.25) is 4.79 Å². The number of aliphatic hydroxyl groups excluding tert-OH is 1. The molecule has 1 spiro atoms. The van der Waals surface area contributed by atoms with Crippen LogP contribution in [0.2, 0.25) is 0 Å². The Kier molecular flexibility index (Phi) is 4.28. The maximum absolute atomic E-state index is 12.2. The van der Waals surface area contributed by atoms with Crippen LogP contribution in [0.15, 0.2) is 0 Å². The first kappa shape index (κ1) is 18.7. The maximum Gasteiger partial charge on any atom is 0.309 e. The minimum absolute atomic E-state index is 0.0391. The third-order valence-corrected chi connectivity index (χ3v) is 9.55. The zero-order valence-corrected chi connectivity index (χ0v) is 17.0. The highest BCUT2D eigenvalue weighted by Gasteiger charge is 2.68. The van der Waals surface area contributed by atoms with Crippen LogP contribution in [0.3, 0.4) is 0 Å². The van der Waals surface area contributed by atoms with Gasteiger partial charge in [0.25, 0.3) is 0 Å². The summed E-state index contributed by atoms with van der Waals surface area (Å²) in [6, 6.07) is 0. The average Bonchev–Trinajstić information content (AvgIpc) is 2.57. The summed E-state index contributed by atoms with van der Waals surface area (Å²) in [4.78, 5) is 14.4. The molecule has 2 N–H and O–H groups in total. The summed E-state index contributed by atoms with van der Waals surface area (Å²) in [5, 5.41) is 21.5. The molecule has 0 saturated heterocycles. The lowest BCUT2D eigenvalue weighted by Gasteiger charge is -2.70. The molecule has 0 amide bonds. The lowest BCUT2D eigenvalue weighted by atomic mass is 9.35. The van der Waals surface area contributed by atoms with Crippen molar-refractivity contribution in [2.75, 3.05) is 20.6 Å². The van der Waals surface area contributed by atoms with E-state index in [2.05, 4.69) is 25.9 Å². The molecule has 0 aromatic rings. The summed E-state index contributed by atoms with van der Waals surface area (Å²) in [5.74, 6) is 1.16. The van der Waals surface area contributed by atoms with E-state index in [1.165, 1.54) is 12.8 Å². The van der Waals surface area contributed by atoms with Crippen molar-refractivity contribution in [3.8, 4) is 0 Å². The number of carboxylic acid groups (broad SMARTS) is 1. The van der Waals surface area contributed by atoms with Crippen LogP contribution in [0, 0.1) is 39.9 Å². The largest absolute Gasteiger partial charge is 0.481 e. The van der Waals surface area contributed by atoms with Crippen LogP contribution in [0.5, 0.6) is 0 Å². The molecule has 4 heteroatoms. The highest BCUT2D eigenvalue weighted by molar-refractivity contribution is 5.75. The normalized spacial score (nSPS) is 53.2. The minimum Gasteiger partial charge on any atom is -0.481 e. The molecule has 5 fully saturated rings. The second kappa shape index (κ2) is 5.94. The number of rotatable bonds is 3. The van der Waals surface area contributed by atoms with Gasteiger partial charge in [-0.2, -0.15) is 0 Å². The van der Waals surface area contributed by atoms with Gasteiger partial charge < -0.3 is 15.1 Å². The standard InChI is InChI=1S/C22H37NO3/c1-20-8-5-9-21(2,19(25)26)16(20)7-11-22-10-6-14(12-17(20)22)15(18(22)24)13-23(3)4/h14-18,24H,5-13H2,1-4H3,(H,25,26)/t14-,15-,16-,17-,18+,20+,21+,22-/m0/s1. The SMILES string of the molecule is CN(C)C[C@H]1[C@H]2CC[C@@]3(CC[C@H]4[C@@](C)(CCC[C@@]4(C)C(=O)O)[C@@H]3C2)[C@@H]1O. The highest BCUT2D eigenvalue weighted by atomic mass is 16.4. The van der Waals surface area contributed by atoms with E-state index in [1.54, 1.807) is 0 Å². The summed E-state index contributed by atoms with van der Waals surface area (Å²) in [6.45, 7) is 5.37. The Morgan fingerprint density at radius 2 is 1.77 bits per heavy atom. The molecule has 0 aliphatic heterocycles. The molecule has 8 atom stereocenters. The number of fused-ring (bicyclic) bond motifs is 3. The Hall–Kier alpha value is -0.610. The smallest absolute Gasteiger partial charge is 0.309 e. The van der Waals surface area contributed by atoms with E-state index >= 15 is 0 Å². The van der Waals surface area contributed by atoms with Crippen molar-refractivity contribution < 1.29 is 15.0 Å². The fraction of sp³-hybridized carbons (Fsp3) is 0.955. The molecule has 148 valence electrons. The van der Waals surface area contributed by atoms with Gasteiger partial charge in [0.2, 0.25) is 0 Å². The molecule has 0 radical (unpaired) electrons. The molecule has 0 aromatic carbocycles. The number of hydrogen-bond acceptors (Lipinski definition) is 3. The van der Waals surface area contributed by atoms with Crippen LogP contribution >= 0.6 is 0 Å². The van der Waals surface area contributed by atoms with Crippen LogP contribution in [0.25, 0.3) is 0 Å². The van der Waals surface area contributed by atoms with Gasteiger partial charge in [-0.1, -0.05) is 13.3 Å². The van der Waals surface area contributed by atoms with Crippen molar-refractivity contribution >= 4 is 5.97 Å². The molecule has 26 heavy (non-hydrogen) atoms. The fourth-order valence-electron chi connectivity index (χ4n) is 8.40. The van der Waals surface area contributed by atoms with Gasteiger partial charge in [0.05, 0.1) is 11.5 Å². The van der Waals surface area contributed by atoms with Crippen LogP contribution in [-0.2, 0) is 4.79 Å². The third-order valence-electron chi connectivity index (χ3n) is 9.55. The quantitative estimate of drug-likeness (QED) is 0.804. The first-order valence-electron chi connectivity index (χ1n) is 10.7. The summed E-state index contributed by atoms with van der Waals surface area (Å²) in [6.07, 6.45) is 8.39. The summed E-state index contributed by atoms with van der Waals surface area (Å²) in [5.41, 5.74) is -0.469. The Bertz CT molecular complexity index is 592. The number of carboxylic acids is 1. The monoisotopic (exact) mass is 363 g/mol. The molecular formula is C22H37NO3. The number of hydrogen-bond donors (Lipinski definition) is 2. The van der Waals surface area contributed by atoms with Crippen molar-refractivity contribution in [2.45, 2.75) is 71.3 Å². The van der Waals surface area contributed by atoms with E-state index in [0.29, 0.717) is 17.8 Å². The predicted molar refractivity (Wildman–Crippen MR) is 102 cm³/mol. The molecular weight excluding hydrogens is 326 g/mol. The zero-order chi connectivity index (χ0) is 18.9. The van der Waals surface area contributed by atoms with Gasteiger partial charge in [0, 0.05) is 17.9 Å². The van der Waals surface area contributed by atoms with Gasteiger partial charge in [0.1, 0.15) is 0 Å². The Morgan fingerprint density at radius 3 is 2.42 bits per heavy atom. The second-order valence-corrected chi connectivity index (χ2v) is 10.9. The van der Waals surface area contributed by atoms with Crippen molar-refractivity contribution in [1.29, 1.82) is 0 Å². The van der Waals surface area contributed by atoms with Crippen molar-refractivity contribution in [1.82, 2.24) is 4.90 Å². The Morgan fingerprint density at radius 1 is 1.08 bits per heavy atom. The van der Waals surface area contributed by atoms with E-state index in [1.807, 2.05) is 6.92 Å². The minimum atomic E-state index is -0.601. The molecule has 0 unspecified atom stereocenters. The van der Waals surface area contributed by atoms with Gasteiger partial charge in [-0.25, -0.2) is 0 Å². The summed E-state index contributed by atoms with van der Waals surface area (Å²) >= 11 is 0. The number of aliphatic carboxylic acids is 1. The lowest BCUT2D eigenvalue weighted by molar-refractivity contribution is -0.245. The molecule has 0 aromatic heterocycles. The van der Waals surface area contributed by atoms with Crippen molar-refractivity contribution in [3.05, 3.63) is 0 Å². The van der Waals surface area contributed by atoms with E-state index in [4.69, 9.17) is 0 Å². The van der Waals surface area contributed by atoms with Gasteiger partial charge in [0.15, 0.2) is 0 Å². The van der Waals surface area contributed by atoms with Crippen molar-refractivity contribution in [3.63, 3.8) is 0 Å². The summed E-state index contributed by atoms with van der Waals surface area (Å²) < 4.78 is 0. The van der Waals surface area contributed by atoms with Gasteiger partial charge in [-0.15, -0.1) is 0 Å². The van der Waals surface area contributed by atoms with Crippen LogP contribution < -0.4 is 0 Å².